The predicted octanol–water partition coefficient (Wildman–Crippen LogP) is -8.73. The normalized spacial score (nSPS) is 18.1. The van der Waals surface area contributed by atoms with Crippen LogP contribution in [0.25, 0.3) is 0 Å². The van der Waals surface area contributed by atoms with Crippen molar-refractivity contribution in [1.29, 1.82) is 0 Å². The molecule has 0 radical (unpaired) electrons. The van der Waals surface area contributed by atoms with Crippen LogP contribution in [0.5, 0.6) is 0 Å². The van der Waals surface area contributed by atoms with Crippen LogP contribution in [0.2, 0.25) is 0 Å². The summed E-state index contributed by atoms with van der Waals surface area (Å²) in [7, 11) is 2.66. The number of amides is 2. The Morgan fingerprint density at radius 1 is 1.33 bits per heavy atom. The van der Waals surface area contributed by atoms with E-state index < -0.39 is 40.3 Å². The third-order valence-corrected chi connectivity index (χ3v) is 8.08. The topological polar surface area (TPSA) is 216 Å². The molecule has 1 saturated heterocycles. The van der Waals surface area contributed by atoms with Crippen molar-refractivity contribution in [2.24, 2.45) is 12.2 Å². The standard InChI is InChI=1S/C18H18N8O7S3.BrH.2Na/c1-25-18(22-12(28)13(29)23-25)36-4-6-3-34-15-9(14(30)26(15)10(6)16(31)32)21-11(27)8(24-33-2)7-5-35-17(19)20-7;;;/h5,9,15H,3-4H2,1-2H3,(H5,19,20,21,23,27,29,31,32);1H;;/q;;2*+1/p-2/b24-8-;;;/t9?,15-;;;/m1.../s1. The summed E-state index contributed by atoms with van der Waals surface area (Å²) in [4.78, 5) is 73.8. The number of carboxylic acids is 1. The van der Waals surface area contributed by atoms with Crippen LogP contribution in [-0.4, -0.2) is 73.1 Å². The molecule has 1 fully saturated rings. The Kier molecular flexibility index (Phi) is 14.0. The van der Waals surface area contributed by atoms with Gasteiger partial charge in [0.25, 0.3) is 17.4 Å². The third-order valence-electron chi connectivity index (χ3n) is 4.96. The van der Waals surface area contributed by atoms with Crippen molar-refractivity contribution in [2.45, 2.75) is 16.6 Å². The SMILES string of the molecule is Br.CO/N=C(\C(=O)NC1C(=O)N2C(C(=O)[O-])=C(CSc3nc(=O)c(=O)[n-]n3C)CS[C@H]12)c1csc(N)n1.[Na+].[Na+]. The molecule has 2 aliphatic rings. The molecule has 0 aromatic carbocycles. The summed E-state index contributed by atoms with van der Waals surface area (Å²) in [5, 5.41) is 22.8. The van der Waals surface area contributed by atoms with Crippen LogP contribution in [0.4, 0.5) is 5.13 Å². The molecule has 3 N–H and O–H groups in total. The van der Waals surface area contributed by atoms with Gasteiger partial charge < -0.3 is 40.4 Å². The van der Waals surface area contributed by atoms with E-state index in [1.54, 1.807) is 0 Å². The first kappa shape index (κ1) is 35.9. The Labute approximate surface area is 287 Å². The van der Waals surface area contributed by atoms with E-state index in [-0.39, 0.29) is 115 Å². The van der Waals surface area contributed by atoms with Crippen LogP contribution in [0.15, 0.2) is 36.6 Å². The van der Waals surface area contributed by atoms with Crippen LogP contribution >= 0.6 is 51.8 Å². The Morgan fingerprint density at radius 2 is 2.03 bits per heavy atom. The van der Waals surface area contributed by atoms with Crippen molar-refractivity contribution >= 4 is 80.5 Å². The minimum Gasteiger partial charge on any atom is -0.554 e. The maximum atomic E-state index is 12.9. The molecule has 1 unspecified atom stereocenters. The van der Waals surface area contributed by atoms with Gasteiger partial charge in [0.15, 0.2) is 21.6 Å². The molecule has 198 valence electrons. The van der Waals surface area contributed by atoms with Crippen LogP contribution in [0, 0.1) is 0 Å². The number of aliphatic carboxylic acids is 1. The van der Waals surface area contributed by atoms with E-state index in [1.807, 2.05) is 0 Å². The number of anilines is 1. The van der Waals surface area contributed by atoms with Crippen molar-refractivity contribution in [3.8, 4) is 0 Å². The number of nitrogen functional groups attached to an aromatic ring is 1. The van der Waals surface area contributed by atoms with Crippen molar-refractivity contribution in [1.82, 2.24) is 30.0 Å². The smallest absolute Gasteiger partial charge is 0.554 e. The largest absolute Gasteiger partial charge is 1.00 e. The van der Waals surface area contributed by atoms with E-state index in [0.717, 1.165) is 32.7 Å². The number of nitrogens with two attached hydrogens (primary N) is 1. The van der Waals surface area contributed by atoms with Gasteiger partial charge in [0.1, 0.15) is 24.2 Å². The number of fused-ring (bicyclic) bond motifs is 1. The fourth-order valence-corrected chi connectivity index (χ4v) is 6.33. The van der Waals surface area contributed by atoms with Crippen LogP contribution in [-0.2, 0) is 26.3 Å². The molecule has 2 aromatic heterocycles. The van der Waals surface area contributed by atoms with Gasteiger partial charge in [-0.05, 0) is 12.6 Å². The summed E-state index contributed by atoms with van der Waals surface area (Å²) in [5.74, 6) is -2.73. The van der Waals surface area contributed by atoms with E-state index in [4.69, 9.17) is 10.6 Å². The minimum absolute atomic E-state index is 0. The zero-order chi connectivity index (χ0) is 26.1. The molecule has 2 atom stereocenters. The number of thioether (sulfide) groups is 2. The van der Waals surface area contributed by atoms with Gasteiger partial charge in [-0.15, -0.1) is 40.1 Å². The van der Waals surface area contributed by atoms with E-state index in [2.05, 4.69) is 25.5 Å². The Balaban J connectivity index is 0.00000253. The molecule has 2 aromatic rings. The monoisotopic (exact) mass is 678 g/mol. The number of nitrogens with one attached hydrogen (secondary N) is 1. The second-order valence-electron chi connectivity index (χ2n) is 7.21. The number of rotatable bonds is 8. The van der Waals surface area contributed by atoms with Gasteiger partial charge >= 0.3 is 59.1 Å². The van der Waals surface area contributed by atoms with Crippen molar-refractivity contribution < 1.29 is 83.4 Å². The molecule has 2 amide bonds. The van der Waals surface area contributed by atoms with Gasteiger partial charge in [0.05, 0.1) is 11.7 Å². The number of carboxylic acid groups (broad SMARTS) is 1. The first-order valence-electron chi connectivity index (χ1n) is 9.89. The first-order chi connectivity index (χ1) is 17.1. The third kappa shape index (κ3) is 7.57. The van der Waals surface area contributed by atoms with E-state index >= 15 is 0 Å². The Morgan fingerprint density at radius 3 is 2.62 bits per heavy atom. The van der Waals surface area contributed by atoms with Gasteiger partial charge in [0, 0.05) is 16.9 Å². The van der Waals surface area contributed by atoms with E-state index in [0.29, 0.717) is 5.57 Å². The van der Waals surface area contributed by atoms with Gasteiger partial charge in [-0.3, -0.25) is 19.3 Å². The zero-order valence-corrected chi connectivity index (χ0v) is 29.1. The number of β-lactam (4-membered cyclic amide) rings is 1. The molecule has 4 rings (SSSR count). The maximum Gasteiger partial charge on any atom is 1.00 e. The predicted molar refractivity (Wildman–Crippen MR) is 137 cm³/mol. The second-order valence-corrected chi connectivity index (χ2v) is 10.1. The van der Waals surface area contributed by atoms with Crippen molar-refractivity contribution in [3.05, 3.63) is 43.1 Å². The van der Waals surface area contributed by atoms with Gasteiger partial charge in [0.2, 0.25) is 0 Å². The number of hydrogen-bond acceptors (Lipinski definition) is 14. The molecule has 39 heavy (non-hydrogen) atoms. The molecule has 0 saturated carbocycles. The Bertz CT molecular complexity index is 1450. The number of aromatic nitrogens is 4. The molecule has 2 aliphatic heterocycles. The summed E-state index contributed by atoms with van der Waals surface area (Å²) >= 11 is 3.31. The molecule has 0 aliphatic carbocycles. The maximum absolute atomic E-state index is 12.9. The number of aryl methyl sites for hydroxylation is 1. The average molecular weight is 679 g/mol. The van der Waals surface area contributed by atoms with Crippen LogP contribution < -0.4 is 91.5 Å². The van der Waals surface area contributed by atoms with Crippen LogP contribution in [0.1, 0.15) is 5.69 Å². The fraction of sp³-hybridized carbons (Fsp3) is 0.333. The number of halogens is 1. The molecule has 4 heterocycles. The minimum atomic E-state index is -1.57. The molecule has 0 spiro atoms. The second kappa shape index (κ2) is 15.2. The van der Waals surface area contributed by atoms with Gasteiger partial charge in [-0.1, -0.05) is 16.9 Å². The summed E-state index contributed by atoms with van der Waals surface area (Å²) < 4.78 is 1.11. The zero-order valence-electron chi connectivity index (χ0n) is 20.9. The Hall–Kier alpha value is -1.16. The number of carbonyl (C=O) groups excluding carboxylic acids is 3. The number of nitrogens with zero attached hydrogens (tertiary/aromatic N) is 6. The summed E-state index contributed by atoms with van der Waals surface area (Å²) in [6.07, 6.45) is 0. The molecule has 15 nitrogen and oxygen atoms in total. The van der Waals surface area contributed by atoms with Crippen LogP contribution in [0.3, 0.4) is 0 Å². The van der Waals surface area contributed by atoms with Crippen molar-refractivity contribution in [3.63, 3.8) is 0 Å². The quantitative estimate of drug-likeness (QED) is 0.0663. The number of hydrogen-bond donors (Lipinski definition) is 2. The number of carbonyl (C=O) groups is 3. The van der Waals surface area contributed by atoms with Gasteiger partial charge in [-0.25, -0.2) is 4.98 Å². The fourth-order valence-electron chi connectivity index (χ4n) is 3.39. The molecular weight excluding hydrogens is 662 g/mol. The van der Waals surface area contributed by atoms with E-state index in [1.165, 1.54) is 31.3 Å². The average Bonchev–Trinajstić information content (AvgIpc) is 3.27. The van der Waals surface area contributed by atoms with Gasteiger partial charge in [-0.2, -0.15) is 4.98 Å². The molecule has 21 heteroatoms. The van der Waals surface area contributed by atoms with E-state index in [9.17, 15) is 29.1 Å². The molecular formula is C18H17BrN8Na2O7S3. The summed E-state index contributed by atoms with van der Waals surface area (Å²) in [5.41, 5.74) is 3.56. The number of thiazole rings is 1. The first-order valence-corrected chi connectivity index (χ1v) is 12.8. The molecule has 0 bridgehead atoms. The summed E-state index contributed by atoms with van der Waals surface area (Å²) in [6, 6.07) is -1.03. The van der Waals surface area contributed by atoms with Crippen molar-refractivity contribution in [2.75, 3.05) is 24.3 Å². The summed E-state index contributed by atoms with van der Waals surface area (Å²) in [6.45, 7) is 0. The number of oxime groups is 1.